The highest BCUT2D eigenvalue weighted by Gasteiger charge is 2.25. The topological polar surface area (TPSA) is 43.4 Å². The largest absolute Gasteiger partial charge is 0.426 e. The summed E-state index contributed by atoms with van der Waals surface area (Å²) in [5.74, 6) is -0.622. The first kappa shape index (κ1) is 13.4. The molecule has 1 aromatic carbocycles. The van der Waals surface area contributed by atoms with Crippen LogP contribution in [-0.2, 0) is 9.59 Å². The van der Waals surface area contributed by atoms with Crippen molar-refractivity contribution in [3.05, 3.63) is 30.3 Å². The Kier molecular flexibility index (Phi) is 5.40. The van der Waals surface area contributed by atoms with Gasteiger partial charge in [-0.1, -0.05) is 32.0 Å². The minimum absolute atomic E-state index is 0.0315. The molecule has 1 unspecified atom stereocenters. The van der Waals surface area contributed by atoms with E-state index in [0.717, 1.165) is 6.42 Å². The Labute approximate surface area is 102 Å². The molecule has 0 radical (unpaired) electrons. The van der Waals surface area contributed by atoms with E-state index in [2.05, 4.69) is 0 Å². The smallest absolute Gasteiger partial charge is 0.321 e. The number of ketones is 1. The molecule has 0 aromatic heterocycles. The Morgan fingerprint density at radius 2 is 1.82 bits per heavy atom. The molecule has 92 valence electrons. The number of esters is 1. The molecule has 1 aromatic rings. The van der Waals surface area contributed by atoms with Gasteiger partial charge in [-0.3, -0.25) is 9.59 Å². The van der Waals surface area contributed by atoms with Crippen molar-refractivity contribution in [3.8, 4) is 5.75 Å². The molecule has 0 fully saturated rings. The minimum atomic E-state index is -0.629. The molecular formula is C14H18O3. The summed E-state index contributed by atoms with van der Waals surface area (Å²) in [6.45, 7) is 3.75. The molecule has 0 aliphatic rings. The van der Waals surface area contributed by atoms with Crippen LogP contribution in [0.25, 0.3) is 0 Å². The number of ether oxygens (including phenoxy) is 1. The summed E-state index contributed by atoms with van der Waals surface area (Å²) in [4.78, 5) is 23.5. The predicted octanol–water partition coefficient (Wildman–Crippen LogP) is 2.99. The van der Waals surface area contributed by atoms with Crippen LogP contribution in [0.2, 0.25) is 0 Å². The minimum Gasteiger partial charge on any atom is -0.426 e. The SMILES string of the molecule is CCCC(=O)C(CC)C(=O)Oc1ccccc1. The first-order chi connectivity index (χ1) is 8.19. The molecule has 0 heterocycles. The van der Waals surface area contributed by atoms with Crippen molar-refractivity contribution >= 4 is 11.8 Å². The molecule has 3 nitrogen and oxygen atoms in total. The van der Waals surface area contributed by atoms with Crippen LogP contribution in [0, 0.1) is 5.92 Å². The van der Waals surface area contributed by atoms with Crippen LogP contribution in [0.15, 0.2) is 30.3 Å². The Balaban J connectivity index is 2.64. The fourth-order valence-corrected chi connectivity index (χ4v) is 1.62. The average molecular weight is 234 g/mol. The van der Waals surface area contributed by atoms with Gasteiger partial charge in [0.1, 0.15) is 17.5 Å². The van der Waals surface area contributed by atoms with Crippen molar-refractivity contribution < 1.29 is 14.3 Å². The third-order valence-electron chi connectivity index (χ3n) is 2.54. The van der Waals surface area contributed by atoms with Crippen LogP contribution in [0.3, 0.4) is 0 Å². The van der Waals surface area contributed by atoms with Gasteiger partial charge in [-0.05, 0) is 25.0 Å². The number of rotatable bonds is 6. The second kappa shape index (κ2) is 6.84. The van der Waals surface area contributed by atoms with Crippen molar-refractivity contribution in [1.29, 1.82) is 0 Å². The number of para-hydroxylation sites is 1. The molecule has 0 amide bonds. The summed E-state index contributed by atoms with van der Waals surface area (Å²) < 4.78 is 5.18. The van der Waals surface area contributed by atoms with E-state index in [9.17, 15) is 9.59 Å². The van der Waals surface area contributed by atoms with Gasteiger partial charge in [0.05, 0.1) is 0 Å². The van der Waals surface area contributed by atoms with E-state index >= 15 is 0 Å². The van der Waals surface area contributed by atoms with Crippen molar-refractivity contribution in [3.63, 3.8) is 0 Å². The van der Waals surface area contributed by atoms with Crippen LogP contribution >= 0.6 is 0 Å². The summed E-state index contributed by atoms with van der Waals surface area (Å²) in [7, 11) is 0. The molecule has 0 aliphatic carbocycles. The highest BCUT2D eigenvalue weighted by Crippen LogP contribution is 2.15. The van der Waals surface area contributed by atoms with E-state index in [-0.39, 0.29) is 5.78 Å². The van der Waals surface area contributed by atoms with Crippen molar-refractivity contribution in [2.45, 2.75) is 33.1 Å². The Morgan fingerprint density at radius 3 is 2.35 bits per heavy atom. The molecule has 1 rings (SSSR count). The van der Waals surface area contributed by atoms with E-state index in [4.69, 9.17) is 4.74 Å². The molecule has 1 atom stereocenters. The average Bonchev–Trinajstić information content (AvgIpc) is 2.31. The van der Waals surface area contributed by atoms with E-state index in [1.807, 2.05) is 19.9 Å². The summed E-state index contributed by atoms with van der Waals surface area (Å²) in [6, 6.07) is 8.83. The maximum atomic E-state index is 11.8. The Hall–Kier alpha value is -1.64. The highest BCUT2D eigenvalue weighted by molar-refractivity contribution is 5.99. The number of benzene rings is 1. The first-order valence-electron chi connectivity index (χ1n) is 5.98. The summed E-state index contributed by atoms with van der Waals surface area (Å²) in [5, 5.41) is 0. The third-order valence-corrected chi connectivity index (χ3v) is 2.54. The van der Waals surface area contributed by atoms with Gasteiger partial charge in [-0.2, -0.15) is 0 Å². The lowest BCUT2D eigenvalue weighted by Crippen LogP contribution is -2.27. The molecule has 0 saturated carbocycles. The second-order valence-corrected chi connectivity index (χ2v) is 3.91. The monoisotopic (exact) mass is 234 g/mol. The number of hydrogen-bond acceptors (Lipinski definition) is 3. The maximum Gasteiger partial charge on any atom is 0.321 e. The lowest BCUT2D eigenvalue weighted by atomic mass is 9.98. The van der Waals surface area contributed by atoms with E-state index in [1.165, 1.54) is 0 Å². The lowest BCUT2D eigenvalue weighted by Gasteiger charge is -2.12. The van der Waals surface area contributed by atoms with Gasteiger partial charge in [-0.15, -0.1) is 0 Å². The van der Waals surface area contributed by atoms with Gasteiger partial charge in [0.15, 0.2) is 0 Å². The maximum absolute atomic E-state index is 11.8. The van der Waals surface area contributed by atoms with Crippen LogP contribution in [-0.4, -0.2) is 11.8 Å². The van der Waals surface area contributed by atoms with Gasteiger partial charge >= 0.3 is 5.97 Å². The third kappa shape index (κ3) is 4.02. The number of hydrogen-bond donors (Lipinski definition) is 0. The number of Topliss-reactive ketones (excluding diaryl/α,β-unsaturated/α-hetero) is 1. The molecule has 17 heavy (non-hydrogen) atoms. The van der Waals surface area contributed by atoms with Crippen molar-refractivity contribution in [2.75, 3.05) is 0 Å². The second-order valence-electron chi connectivity index (χ2n) is 3.91. The highest BCUT2D eigenvalue weighted by atomic mass is 16.5. The molecule has 0 saturated heterocycles. The quantitative estimate of drug-likeness (QED) is 0.432. The van der Waals surface area contributed by atoms with Gasteiger partial charge in [0, 0.05) is 6.42 Å². The zero-order valence-electron chi connectivity index (χ0n) is 10.3. The zero-order chi connectivity index (χ0) is 12.7. The van der Waals surface area contributed by atoms with Crippen LogP contribution in [0.1, 0.15) is 33.1 Å². The van der Waals surface area contributed by atoms with Gasteiger partial charge in [-0.25, -0.2) is 0 Å². The fraction of sp³-hybridized carbons (Fsp3) is 0.429. The normalized spacial score (nSPS) is 11.9. The standard InChI is InChI=1S/C14H18O3/c1-3-8-13(15)12(4-2)14(16)17-11-9-6-5-7-10-11/h5-7,9-10,12H,3-4,8H2,1-2H3. The summed E-state index contributed by atoms with van der Waals surface area (Å²) in [6.07, 6.45) is 1.68. The predicted molar refractivity (Wildman–Crippen MR) is 65.8 cm³/mol. The van der Waals surface area contributed by atoms with Crippen LogP contribution < -0.4 is 4.74 Å². The Morgan fingerprint density at radius 1 is 1.18 bits per heavy atom. The zero-order valence-corrected chi connectivity index (χ0v) is 10.3. The lowest BCUT2D eigenvalue weighted by molar-refractivity contribution is -0.144. The number of carbonyl (C=O) groups excluding carboxylic acids is 2. The van der Waals surface area contributed by atoms with Gasteiger partial charge < -0.3 is 4.74 Å². The Bertz CT molecular complexity index is 370. The molecule has 3 heteroatoms. The molecular weight excluding hydrogens is 216 g/mol. The molecule has 0 bridgehead atoms. The first-order valence-corrected chi connectivity index (χ1v) is 5.98. The summed E-state index contributed by atoms with van der Waals surface area (Å²) in [5.41, 5.74) is 0. The molecule has 0 aliphatic heterocycles. The fourth-order valence-electron chi connectivity index (χ4n) is 1.62. The van der Waals surface area contributed by atoms with Gasteiger partial charge in [0.25, 0.3) is 0 Å². The van der Waals surface area contributed by atoms with E-state index in [1.54, 1.807) is 24.3 Å². The van der Waals surface area contributed by atoms with Gasteiger partial charge in [0.2, 0.25) is 0 Å². The number of carbonyl (C=O) groups is 2. The van der Waals surface area contributed by atoms with Crippen LogP contribution in [0.4, 0.5) is 0 Å². The summed E-state index contributed by atoms with van der Waals surface area (Å²) >= 11 is 0. The molecule has 0 N–H and O–H groups in total. The van der Waals surface area contributed by atoms with Crippen LogP contribution in [0.5, 0.6) is 5.75 Å². The van der Waals surface area contributed by atoms with E-state index in [0.29, 0.717) is 18.6 Å². The van der Waals surface area contributed by atoms with Crippen molar-refractivity contribution in [1.82, 2.24) is 0 Å². The molecule has 0 spiro atoms. The van der Waals surface area contributed by atoms with E-state index < -0.39 is 11.9 Å². The van der Waals surface area contributed by atoms with Crippen molar-refractivity contribution in [2.24, 2.45) is 5.92 Å².